The van der Waals surface area contributed by atoms with E-state index in [1.54, 1.807) is 4.90 Å². The summed E-state index contributed by atoms with van der Waals surface area (Å²) in [4.78, 5) is 13.9. The van der Waals surface area contributed by atoms with Crippen molar-refractivity contribution in [3.05, 3.63) is 59.2 Å². The number of alkyl halides is 3. The molecular weight excluding hydrogens is 355 g/mol. The van der Waals surface area contributed by atoms with E-state index >= 15 is 0 Å². The molecule has 0 spiro atoms. The Hall–Kier alpha value is -2.50. The van der Waals surface area contributed by atoms with Gasteiger partial charge in [-0.1, -0.05) is 30.3 Å². The van der Waals surface area contributed by atoms with Gasteiger partial charge in [0.05, 0.1) is 5.56 Å². The molecule has 1 aliphatic heterocycles. The minimum absolute atomic E-state index is 0.333. The van der Waals surface area contributed by atoms with Gasteiger partial charge in [-0.25, -0.2) is 4.79 Å². The summed E-state index contributed by atoms with van der Waals surface area (Å²) in [6, 6.07) is 11.0. The zero-order valence-corrected chi connectivity index (χ0v) is 15.6. The van der Waals surface area contributed by atoms with Crippen molar-refractivity contribution >= 4 is 6.09 Å². The smallest absolute Gasteiger partial charge is 0.416 e. The summed E-state index contributed by atoms with van der Waals surface area (Å²) in [5.41, 5.74) is 2.55. The molecule has 0 aliphatic carbocycles. The largest absolute Gasteiger partial charge is 0.444 e. The minimum atomic E-state index is -4.33. The minimum Gasteiger partial charge on any atom is -0.444 e. The van der Waals surface area contributed by atoms with E-state index < -0.39 is 17.3 Å². The molecule has 2 aromatic rings. The first-order chi connectivity index (χ1) is 12.5. The summed E-state index contributed by atoms with van der Waals surface area (Å²) >= 11 is 0. The fraction of sp³-hybridized carbons (Fsp3) is 0.381. The first kappa shape index (κ1) is 19.3. The van der Waals surface area contributed by atoms with Gasteiger partial charge in [-0.15, -0.1) is 0 Å². The molecule has 0 atom stereocenters. The lowest BCUT2D eigenvalue weighted by molar-refractivity contribution is -0.137. The number of benzene rings is 2. The van der Waals surface area contributed by atoms with Crippen LogP contribution < -0.4 is 0 Å². The molecule has 0 saturated heterocycles. The van der Waals surface area contributed by atoms with Crippen LogP contribution in [0.1, 0.15) is 37.5 Å². The number of nitrogens with zero attached hydrogens (tertiary/aromatic N) is 1. The summed E-state index contributed by atoms with van der Waals surface area (Å²) in [6.45, 7) is 6.52. The number of hydrogen-bond donors (Lipinski definition) is 0. The third kappa shape index (κ3) is 4.62. The predicted molar refractivity (Wildman–Crippen MR) is 97.2 cm³/mol. The van der Waals surface area contributed by atoms with E-state index in [9.17, 15) is 18.0 Å². The van der Waals surface area contributed by atoms with Crippen LogP contribution in [0.5, 0.6) is 0 Å². The number of hydrogen-bond acceptors (Lipinski definition) is 2. The molecule has 6 heteroatoms. The van der Waals surface area contributed by atoms with Gasteiger partial charge in [0, 0.05) is 13.1 Å². The van der Waals surface area contributed by atoms with E-state index in [4.69, 9.17) is 4.74 Å². The standard InChI is InChI=1S/C21H22F3NO2/c1-20(2,3)27-19(26)25-11-10-16-12-15(4-5-17(16)13-25)14-6-8-18(9-7-14)21(22,23)24/h4-9,12H,10-11,13H2,1-3H3. The molecule has 0 fully saturated rings. The van der Waals surface area contributed by atoms with Crippen LogP contribution >= 0.6 is 0 Å². The van der Waals surface area contributed by atoms with Crippen molar-refractivity contribution in [3.63, 3.8) is 0 Å². The second kappa shape index (κ2) is 6.91. The van der Waals surface area contributed by atoms with Crippen LogP contribution in [0.25, 0.3) is 11.1 Å². The molecule has 2 aromatic carbocycles. The summed E-state index contributed by atoms with van der Waals surface area (Å²) < 4.78 is 43.5. The Bertz CT molecular complexity index is 836. The number of halogens is 3. The number of carbonyl (C=O) groups is 1. The van der Waals surface area contributed by atoms with Crippen LogP contribution in [0, 0.1) is 0 Å². The third-order valence-electron chi connectivity index (χ3n) is 4.42. The van der Waals surface area contributed by atoms with Gasteiger partial charge >= 0.3 is 12.3 Å². The highest BCUT2D eigenvalue weighted by atomic mass is 19.4. The molecule has 0 radical (unpaired) electrons. The van der Waals surface area contributed by atoms with Crippen molar-refractivity contribution in [2.24, 2.45) is 0 Å². The average molecular weight is 377 g/mol. The van der Waals surface area contributed by atoms with Crippen LogP contribution in [0.3, 0.4) is 0 Å². The molecule has 1 amide bonds. The SMILES string of the molecule is CC(C)(C)OC(=O)N1CCc2cc(-c3ccc(C(F)(F)F)cc3)ccc2C1. The van der Waals surface area contributed by atoms with Crippen molar-refractivity contribution in [1.82, 2.24) is 4.90 Å². The Morgan fingerprint density at radius 1 is 0.963 bits per heavy atom. The van der Waals surface area contributed by atoms with Gasteiger partial charge in [-0.05, 0) is 61.6 Å². The molecule has 144 valence electrons. The Morgan fingerprint density at radius 2 is 1.59 bits per heavy atom. The molecule has 0 unspecified atom stereocenters. The normalized spacial score (nSPS) is 14.7. The molecule has 0 N–H and O–H groups in total. The number of carbonyl (C=O) groups excluding carboxylic acids is 1. The average Bonchev–Trinajstić information content (AvgIpc) is 2.58. The maximum Gasteiger partial charge on any atom is 0.416 e. The lowest BCUT2D eigenvalue weighted by Crippen LogP contribution is -2.39. The van der Waals surface area contributed by atoms with Crippen LogP contribution in [0.15, 0.2) is 42.5 Å². The van der Waals surface area contributed by atoms with Crippen molar-refractivity contribution in [1.29, 1.82) is 0 Å². The van der Waals surface area contributed by atoms with E-state index in [1.165, 1.54) is 12.1 Å². The van der Waals surface area contributed by atoms with E-state index in [1.807, 2.05) is 39.0 Å². The predicted octanol–water partition coefficient (Wildman–Crippen LogP) is 5.67. The molecule has 3 nitrogen and oxygen atoms in total. The lowest BCUT2D eigenvalue weighted by Gasteiger charge is -2.31. The van der Waals surface area contributed by atoms with Crippen molar-refractivity contribution < 1.29 is 22.7 Å². The fourth-order valence-electron chi connectivity index (χ4n) is 3.07. The first-order valence-corrected chi connectivity index (χ1v) is 8.80. The number of ether oxygens (including phenoxy) is 1. The number of amides is 1. The molecule has 3 rings (SSSR count). The van der Waals surface area contributed by atoms with E-state index in [0.717, 1.165) is 34.4 Å². The van der Waals surface area contributed by atoms with Crippen molar-refractivity contribution in [3.8, 4) is 11.1 Å². The number of fused-ring (bicyclic) bond motifs is 1. The van der Waals surface area contributed by atoms with E-state index in [2.05, 4.69) is 0 Å². The maximum absolute atomic E-state index is 12.7. The van der Waals surface area contributed by atoms with Gasteiger partial charge in [-0.3, -0.25) is 0 Å². The van der Waals surface area contributed by atoms with Crippen LogP contribution in [-0.2, 0) is 23.9 Å². The summed E-state index contributed by atoms with van der Waals surface area (Å²) in [5.74, 6) is 0. The molecule has 0 saturated carbocycles. The van der Waals surface area contributed by atoms with Gasteiger partial charge in [0.2, 0.25) is 0 Å². The van der Waals surface area contributed by atoms with Gasteiger partial charge in [0.15, 0.2) is 0 Å². The summed E-state index contributed by atoms with van der Waals surface area (Å²) in [6.07, 6.45) is -3.98. The second-order valence-corrected chi connectivity index (χ2v) is 7.71. The monoisotopic (exact) mass is 377 g/mol. The van der Waals surface area contributed by atoms with Crippen LogP contribution in [0.4, 0.5) is 18.0 Å². The van der Waals surface area contributed by atoms with Crippen molar-refractivity contribution in [2.45, 2.75) is 45.5 Å². The summed E-state index contributed by atoms with van der Waals surface area (Å²) in [7, 11) is 0. The fourth-order valence-corrected chi connectivity index (χ4v) is 3.07. The third-order valence-corrected chi connectivity index (χ3v) is 4.42. The van der Waals surface area contributed by atoms with Crippen molar-refractivity contribution in [2.75, 3.05) is 6.54 Å². The van der Waals surface area contributed by atoms with E-state index in [-0.39, 0.29) is 6.09 Å². The van der Waals surface area contributed by atoms with Crippen LogP contribution in [0.2, 0.25) is 0 Å². The van der Waals surface area contributed by atoms with Gasteiger partial charge < -0.3 is 9.64 Å². The van der Waals surface area contributed by atoms with Gasteiger partial charge in [0.1, 0.15) is 5.60 Å². The highest BCUT2D eigenvalue weighted by Crippen LogP contribution is 2.32. The molecule has 0 bridgehead atoms. The second-order valence-electron chi connectivity index (χ2n) is 7.71. The Labute approximate surface area is 156 Å². The molecular formula is C21H22F3NO2. The van der Waals surface area contributed by atoms with Gasteiger partial charge in [0.25, 0.3) is 0 Å². The van der Waals surface area contributed by atoms with Crippen LogP contribution in [-0.4, -0.2) is 23.1 Å². The maximum atomic E-state index is 12.7. The lowest BCUT2D eigenvalue weighted by atomic mass is 9.94. The Balaban J connectivity index is 1.76. The zero-order chi connectivity index (χ0) is 19.8. The molecule has 1 aliphatic rings. The Morgan fingerprint density at radius 3 is 2.19 bits per heavy atom. The molecule has 27 heavy (non-hydrogen) atoms. The van der Waals surface area contributed by atoms with E-state index in [0.29, 0.717) is 19.5 Å². The zero-order valence-electron chi connectivity index (χ0n) is 15.6. The summed E-state index contributed by atoms with van der Waals surface area (Å²) in [5, 5.41) is 0. The molecule has 0 aromatic heterocycles. The van der Waals surface area contributed by atoms with Gasteiger partial charge in [-0.2, -0.15) is 13.2 Å². The number of rotatable bonds is 1. The Kier molecular flexibility index (Phi) is 4.93. The first-order valence-electron chi connectivity index (χ1n) is 8.80. The topological polar surface area (TPSA) is 29.5 Å². The molecule has 1 heterocycles. The highest BCUT2D eigenvalue weighted by Gasteiger charge is 2.30. The highest BCUT2D eigenvalue weighted by molar-refractivity contribution is 5.70. The quantitative estimate of drug-likeness (QED) is 0.641.